The molecule has 2 aromatic carbocycles. The number of nitriles is 1. The van der Waals surface area contributed by atoms with Crippen LogP contribution in [0, 0.1) is 21.4 Å². The van der Waals surface area contributed by atoms with Crippen molar-refractivity contribution in [2.45, 2.75) is 6.04 Å². The Bertz CT molecular complexity index is 1140. The predicted molar refractivity (Wildman–Crippen MR) is 118 cm³/mol. The zero-order valence-electron chi connectivity index (χ0n) is 17.0. The van der Waals surface area contributed by atoms with Gasteiger partial charge in [0, 0.05) is 30.7 Å². The Morgan fingerprint density at radius 3 is 2.62 bits per heavy atom. The Morgan fingerprint density at radius 2 is 1.94 bits per heavy atom. The van der Waals surface area contributed by atoms with Crippen molar-refractivity contribution in [2.24, 2.45) is 0 Å². The standard InChI is InChI=1S/C22H20ClN5O4/c23-16-7-5-15(6-8-16)20(27-9-11-31-12-10-27)14-25-22-18(13-24)26-21(32-22)17-3-1-2-4-19(17)28(29)30/h1-8,20,25H,9-12,14H2. The minimum absolute atomic E-state index is 0.0192. The van der Waals surface area contributed by atoms with Gasteiger partial charge < -0.3 is 14.5 Å². The van der Waals surface area contributed by atoms with Gasteiger partial charge >= 0.3 is 0 Å². The maximum Gasteiger partial charge on any atom is 0.282 e. The molecule has 10 heteroatoms. The minimum atomic E-state index is -0.506. The van der Waals surface area contributed by atoms with Crippen LogP contribution in [0.1, 0.15) is 17.3 Å². The topological polar surface area (TPSA) is 117 Å². The quantitative estimate of drug-likeness (QED) is 0.416. The summed E-state index contributed by atoms with van der Waals surface area (Å²) in [6, 6.07) is 15.7. The number of nitro groups is 1. The Labute approximate surface area is 189 Å². The van der Waals surface area contributed by atoms with E-state index in [1.807, 2.05) is 30.3 Å². The third kappa shape index (κ3) is 4.73. The van der Waals surface area contributed by atoms with E-state index in [1.165, 1.54) is 6.07 Å². The maximum atomic E-state index is 11.4. The SMILES string of the molecule is N#Cc1nc(-c2ccccc2[N+](=O)[O-])oc1NCC(c1ccc(Cl)cc1)N1CCOCC1. The van der Waals surface area contributed by atoms with Gasteiger partial charge in [0.05, 0.1) is 24.2 Å². The summed E-state index contributed by atoms with van der Waals surface area (Å²) in [5.74, 6) is 0.193. The van der Waals surface area contributed by atoms with E-state index < -0.39 is 4.92 Å². The van der Waals surface area contributed by atoms with Gasteiger partial charge in [-0.15, -0.1) is 0 Å². The maximum absolute atomic E-state index is 11.4. The second kappa shape index (κ2) is 9.78. The molecule has 1 aliphatic rings. The molecular formula is C22H20ClN5O4. The van der Waals surface area contributed by atoms with Crippen LogP contribution in [0.25, 0.3) is 11.5 Å². The normalized spacial score (nSPS) is 15.1. The molecule has 0 radical (unpaired) electrons. The van der Waals surface area contributed by atoms with E-state index in [2.05, 4.69) is 15.2 Å². The number of ether oxygens (including phenoxy) is 1. The van der Waals surface area contributed by atoms with Crippen LogP contribution in [0.5, 0.6) is 0 Å². The number of benzene rings is 2. The molecular weight excluding hydrogens is 434 g/mol. The number of oxazole rings is 1. The zero-order valence-corrected chi connectivity index (χ0v) is 17.8. The highest BCUT2D eigenvalue weighted by Crippen LogP contribution is 2.32. The Balaban J connectivity index is 1.60. The fourth-order valence-electron chi connectivity index (χ4n) is 3.67. The van der Waals surface area contributed by atoms with Crippen molar-refractivity contribution in [3.63, 3.8) is 0 Å². The van der Waals surface area contributed by atoms with Gasteiger partial charge in [-0.2, -0.15) is 10.2 Å². The number of morpholine rings is 1. The van der Waals surface area contributed by atoms with Crippen molar-refractivity contribution in [2.75, 3.05) is 38.2 Å². The summed E-state index contributed by atoms with van der Waals surface area (Å²) in [6.07, 6.45) is 0. The van der Waals surface area contributed by atoms with Gasteiger partial charge in [0.25, 0.3) is 5.69 Å². The number of hydrogen-bond donors (Lipinski definition) is 1. The highest BCUT2D eigenvalue weighted by Gasteiger charge is 2.25. The molecule has 0 spiro atoms. The minimum Gasteiger partial charge on any atom is -0.419 e. The summed E-state index contributed by atoms with van der Waals surface area (Å²) in [6.45, 7) is 3.23. The van der Waals surface area contributed by atoms with Gasteiger partial charge in [0.2, 0.25) is 17.5 Å². The van der Waals surface area contributed by atoms with Crippen LogP contribution >= 0.6 is 11.6 Å². The third-order valence-corrected chi connectivity index (χ3v) is 5.51. The summed E-state index contributed by atoms with van der Waals surface area (Å²) < 4.78 is 11.2. The molecule has 1 atom stereocenters. The second-order valence-electron chi connectivity index (χ2n) is 7.18. The molecule has 1 N–H and O–H groups in total. The van der Waals surface area contributed by atoms with Crippen LogP contribution in [0.2, 0.25) is 5.02 Å². The van der Waals surface area contributed by atoms with Crippen molar-refractivity contribution < 1.29 is 14.1 Å². The van der Waals surface area contributed by atoms with E-state index in [0.717, 1.165) is 18.7 Å². The van der Waals surface area contributed by atoms with Crippen LogP contribution in [0.3, 0.4) is 0 Å². The Hall–Kier alpha value is -3.45. The van der Waals surface area contributed by atoms with Crippen molar-refractivity contribution in [1.82, 2.24) is 9.88 Å². The first-order valence-corrected chi connectivity index (χ1v) is 10.4. The number of hydrogen-bond acceptors (Lipinski definition) is 8. The molecule has 0 amide bonds. The lowest BCUT2D eigenvalue weighted by molar-refractivity contribution is -0.384. The van der Waals surface area contributed by atoms with Crippen molar-refractivity contribution in [1.29, 1.82) is 5.26 Å². The van der Waals surface area contributed by atoms with E-state index in [9.17, 15) is 15.4 Å². The molecule has 164 valence electrons. The van der Waals surface area contributed by atoms with Crippen molar-refractivity contribution in [3.8, 4) is 17.5 Å². The second-order valence-corrected chi connectivity index (χ2v) is 7.62. The summed E-state index contributed by atoms with van der Waals surface area (Å²) in [5, 5.41) is 24.7. The first-order chi connectivity index (χ1) is 15.6. The van der Waals surface area contributed by atoms with E-state index in [4.69, 9.17) is 20.8 Å². The molecule has 1 fully saturated rings. The molecule has 0 saturated carbocycles. The number of nitrogens with zero attached hydrogens (tertiary/aromatic N) is 4. The van der Waals surface area contributed by atoms with Crippen LogP contribution in [0.4, 0.5) is 11.6 Å². The fraction of sp³-hybridized carbons (Fsp3) is 0.273. The number of halogens is 1. The van der Waals surface area contributed by atoms with Gasteiger partial charge in [0.1, 0.15) is 11.6 Å². The number of nitro benzene ring substituents is 1. The molecule has 0 aliphatic carbocycles. The van der Waals surface area contributed by atoms with Crippen LogP contribution in [-0.2, 0) is 4.74 Å². The van der Waals surface area contributed by atoms with Crippen LogP contribution < -0.4 is 5.32 Å². The average Bonchev–Trinajstić information content (AvgIpc) is 3.24. The first-order valence-electron chi connectivity index (χ1n) is 10.0. The van der Waals surface area contributed by atoms with Crippen LogP contribution in [-0.4, -0.2) is 47.7 Å². The smallest absolute Gasteiger partial charge is 0.282 e. The predicted octanol–water partition coefficient (Wildman–Crippen LogP) is 4.26. The lowest BCUT2D eigenvalue weighted by Gasteiger charge is -2.34. The van der Waals surface area contributed by atoms with Crippen molar-refractivity contribution >= 4 is 23.2 Å². The summed E-state index contributed by atoms with van der Waals surface area (Å²) in [5.41, 5.74) is 1.16. The third-order valence-electron chi connectivity index (χ3n) is 5.26. The van der Waals surface area contributed by atoms with E-state index in [0.29, 0.717) is 24.8 Å². The Kier molecular flexibility index (Phi) is 6.66. The molecule has 2 heterocycles. The highest BCUT2D eigenvalue weighted by atomic mass is 35.5. The number of anilines is 1. The molecule has 1 saturated heterocycles. The van der Waals surface area contributed by atoms with E-state index in [-0.39, 0.29) is 34.8 Å². The Morgan fingerprint density at radius 1 is 1.22 bits per heavy atom. The highest BCUT2D eigenvalue weighted by molar-refractivity contribution is 6.30. The molecule has 1 unspecified atom stereocenters. The molecule has 32 heavy (non-hydrogen) atoms. The lowest BCUT2D eigenvalue weighted by Crippen LogP contribution is -2.41. The largest absolute Gasteiger partial charge is 0.419 e. The van der Waals surface area contributed by atoms with Gasteiger partial charge in [-0.1, -0.05) is 35.9 Å². The monoisotopic (exact) mass is 453 g/mol. The number of aromatic nitrogens is 1. The van der Waals surface area contributed by atoms with Gasteiger partial charge in [-0.25, -0.2) is 0 Å². The van der Waals surface area contributed by atoms with E-state index in [1.54, 1.807) is 18.2 Å². The number of para-hydroxylation sites is 1. The molecule has 0 bridgehead atoms. The molecule has 4 rings (SSSR count). The van der Waals surface area contributed by atoms with Crippen molar-refractivity contribution in [3.05, 3.63) is 74.9 Å². The first kappa shape index (κ1) is 21.8. The summed E-state index contributed by atoms with van der Waals surface area (Å²) >= 11 is 6.05. The fourth-order valence-corrected chi connectivity index (χ4v) is 3.79. The molecule has 1 aliphatic heterocycles. The van der Waals surface area contributed by atoms with E-state index >= 15 is 0 Å². The molecule has 9 nitrogen and oxygen atoms in total. The average molecular weight is 454 g/mol. The molecule has 1 aromatic heterocycles. The van der Waals surface area contributed by atoms with Gasteiger partial charge in [0.15, 0.2) is 0 Å². The number of rotatable bonds is 7. The van der Waals surface area contributed by atoms with Gasteiger partial charge in [-0.05, 0) is 23.8 Å². The lowest BCUT2D eigenvalue weighted by atomic mass is 10.0. The van der Waals surface area contributed by atoms with Gasteiger partial charge in [-0.3, -0.25) is 15.0 Å². The van der Waals surface area contributed by atoms with Crippen LogP contribution in [0.15, 0.2) is 52.9 Å². The number of nitrogens with one attached hydrogen (secondary N) is 1. The zero-order chi connectivity index (χ0) is 22.5. The summed E-state index contributed by atoms with van der Waals surface area (Å²) in [7, 11) is 0. The summed E-state index contributed by atoms with van der Waals surface area (Å²) in [4.78, 5) is 17.3. The molecule has 3 aromatic rings.